The van der Waals surface area contributed by atoms with Crippen molar-refractivity contribution in [1.29, 1.82) is 0 Å². The first-order valence-corrected chi connectivity index (χ1v) is 7.80. The van der Waals surface area contributed by atoms with Crippen LogP contribution in [0, 0.1) is 17.7 Å². The van der Waals surface area contributed by atoms with Gasteiger partial charge in [-0.1, -0.05) is 32.9 Å². The van der Waals surface area contributed by atoms with Crippen LogP contribution in [-0.4, -0.2) is 24.5 Å². The van der Waals surface area contributed by atoms with E-state index in [4.69, 9.17) is 0 Å². The van der Waals surface area contributed by atoms with Crippen molar-refractivity contribution in [2.75, 3.05) is 19.6 Å². The summed E-state index contributed by atoms with van der Waals surface area (Å²) in [5, 5.41) is 3.29. The van der Waals surface area contributed by atoms with Crippen molar-refractivity contribution in [3.8, 4) is 0 Å². The molecule has 2 atom stereocenters. The van der Waals surface area contributed by atoms with Gasteiger partial charge in [0.25, 0.3) is 0 Å². The predicted octanol–water partition coefficient (Wildman–Crippen LogP) is 3.41. The van der Waals surface area contributed by atoms with E-state index >= 15 is 0 Å². The number of hydrogen-bond donors (Lipinski definition) is 1. The maximum atomic E-state index is 14.0. The Labute approximate surface area is 122 Å². The number of likely N-dealkylation sites (tertiary alicyclic amines) is 1. The number of nitrogens with one attached hydrogen (secondary N) is 1. The zero-order valence-corrected chi connectivity index (χ0v) is 13.0. The molecule has 0 radical (unpaired) electrons. The van der Waals surface area contributed by atoms with Crippen LogP contribution < -0.4 is 5.32 Å². The number of piperidine rings is 1. The number of halogens is 1. The molecule has 0 amide bonds. The fourth-order valence-electron chi connectivity index (χ4n) is 2.86. The molecule has 20 heavy (non-hydrogen) atoms. The third-order valence-corrected chi connectivity index (χ3v) is 4.50. The Kier molecular flexibility index (Phi) is 5.55. The van der Waals surface area contributed by atoms with Crippen molar-refractivity contribution < 1.29 is 4.39 Å². The lowest BCUT2D eigenvalue weighted by molar-refractivity contribution is 0.131. The monoisotopic (exact) mass is 278 g/mol. The summed E-state index contributed by atoms with van der Waals surface area (Å²) in [6.45, 7) is 11.4. The van der Waals surface area contributed by atoms with E-state index in [1.54, 1.807) is 6.07 Å². The lowest BCUT2D eigenvalue weighted by Crippen LogP contribution is -2.38. The van der Waals surface area contributed by atoms with Crippen molar-refractivity contribution in [3.63, 3.8) is 0 Å². The minimum Gasteiger partial charge on any atom is -0.313 e. The van der Waals surface area contributed by atoms with Crippen molar-refractivity contribution >= 4 is 0 Å². The van der Waals surface area contributed by atoms with Crippen LogP contribution >= 0.6 is 0 Å². The first-order valence-electron chi connectivity index (χ1n) is 7.80. The van der Waals surface area contributed by atoms with Crippen LogP contribution in [0.15, 0.2) is 18.2 Å². The Balaban J connectivity index is 2.01. The summed E-state index contributed by atoms with van der Waals surface area (Å²) in [4.78, 5) is 2.39. The second kappa shape index (κ2) is 7.19. The third kappa shape index (κ3) is 4.03. The summed E-state index contributed by atoms with van der Waals surface area (Å²) >= 11 is 0. The lowest BCUT2D eigenvalue weighted by Gasteiger charge is -2.35. The van der Waals surface area contributed by atoms with Gasteiger partial charge in [-0.3, -0.25) is 4.90 Å². The summed E-state index contributed by atoms with van der Waals surface area (Å²) < 4.78 is 14.0. The maximum Gasteiger partial charge on any atom is 0.127 e. The molecule has 112 valence electrons. The fourth-order valence-corrected chi connectivity index (χ4v) is 2.86. The molecular weight excluding hydrogens is 251 g/mol. The van der Waals surface area contributed by atoms with E-state index in [2.05, 4.69) is 31.0 Å². The highest BCUT2D eigenvalue weighted by Crippen LogP contribution is 2.24. The molecule has 1 aromatic carbocycles. The van der Waals surface area contributed by atoms with E-state index in [1.807, 2.05) is 12.1 Å². The smallest absolute Gasteiger partial charge is 0.127 e. The maximum absolute atomic E-state index is 14.0. The van der Waals surface area contributed by atoms with Crippen molar-refractivity contribution in [2.24, 2.45) is 11.8 Å². The van der Waals surface area contributed by atoms with E-state index in [0.29, 0.717) is 5.92 Å². The number of nitrogens with zero attached hydrogens (tertiary/aromatic N) is 1. The average molecular weight is 278 g/mol. The first kappa shape index (κ1) is 15.5. The van der Waals surface area contributed by atoms with Gasteiger partial charge in [-0.05, 0) is 43.0 Å². The zero-order chi connectivity index (χ0) is 14.5. The molecular formula is C17H27FN2. The van der Waals surface area contributed by atoms with Crippen molar-refractivity contribution in [2.45, 2.75) is 40.3 Å². The van der Waals surface area contributed by atoms with Gasteiger partial charge in [-0.15, -0.1) is 0 Å². The van der Waals surface area contributed by atoms with Gasteiger partial charge >= 0.3 is 0 Å². The molecule has 1 heterocycles. The molecule has 1 aliphatic heterocycles. The van der Waals surface area contributed by atoms with Gasteiger partial charge in [-0.25, -0.2) is 4.39 Å². The quantitative estimate of drug-likeness (QED) is 0.888. The van der Waals surface area contributed by atoms with Crippen LogP contribution in [0.1, 0.15) is 38.3 Å². The summed E-state index contributed by atoms with van der Waals surface area (Å²) in [6.07, 6.45) is 1.22. The molecule has 1 fully saturated rings. The summed E-state index contributed by atoms with van der Waals surface area (Å²) in [5.74, 6) is 1.42. The Morgan fingerprint density at radius 1 is 1.30 bits per heavy atom. The van der Waals surface area contributed by atoms with Gasteiger partial charge in [0.15, 0.2) is 0 Å². The van der Waals surface area contributed by atoms with Crippen LogP contribution in [0.2, 0.25) is 0 Å². The lowest BCUT2D eigenvalue weighted by atomic mass is 9.88. The van der Waals surface area contributed by atoms with E-state index in [0.717, 1.165) is 44.2 Å². The molecule has 1 aromatic rings. The van der Waals surface area contributed by atoms with Crippen LogP contribution in [0.25, 0.3) is 0 Å². The largest absolute Gasteiger partial charge is 0.313 e. The normalized spacial score (nSPS) is 24.0. The predicted molar refractivity (Wildman–Crippen MR) is 82.0 cm³/mol. The van der Waals surface area contributed by atoms with E-state index in [9.17, 15) is 4.39 Å². The standard InChI is InChI=1S/C17H27FN2/c1-4-19-10-15-5-6-17(18)16(9-15)12-20-8-7-13(2)14(3)11-20/h5-6,9,13-14,19H,4,7-8,10-12H2,1-3H3. The minimum absolute atomic E-state index is 0.0727. The van der Waals surface area contributed by atoms with Crippen LogP contribution in [0.3, 0.4) is 0 Å². The summed E-state index contributed by atoms with van der Waals surface area (Å²) in [7, 11) is 0. The SMILES string of the molecule is CCNCc1ccc(F)c(CN2CCC(C)C(C)C2)c1. The topological polar surface area (TPSA) is 15.3 Å². The molecule has 3 heteroatoms. The molecule has 1 saturated heterocycles. The first-order chi connectivity index (χ1) is 9.60. The summed E-state index contributed by atoms with van der Waals surface area (Å²) in [5.41, 5.74) is 2.00. The molecule has 0 bridgehead atoms. The van der Waals surface area contributed by atoms with E-state index in [-0.39, 0.29) is 5.82 Å². The molecule has 2 unspecified atom stereocenters. The molecule has 0 spiro atoms. The van der Waals surface area contributed by atoms with Crippen molar-refractivity contribution in [1.82, 2.24) is 10.2 Å². The second-order valence-electron chi connectivity index (χ2n) is 6.18. The minimum atomic E-state index is -0.0727. The van der Waals surface area contributed by atoms with Crippen LogP contribution in [0.5, 0.6) is 0 Å². The van der Waals surface area contributed by atoms with E-state index < -0.39 is 0 Å². The molecule has 2 rings (SSSR count). The highest BCUT2D eigenvalue weighted by molar-refractivity contribution is 5.25. The molecule has 0 aliphatic carbocycles. The Hall–Kier alpha value is -0.930. The summed E-state index contributed by atoms with van der Waals surface area (Å²) in [6, 6.07) is 5.50. The molecule has 0 saturated carbocycles. The number of rotatable bonds is 5. The molecule has 1 N–H and O–H groups in total. The number of benzene rings is 1. The van der Waals surface area contributed by atoms with Gasteiger partial charge in [0, 0.05) is 25.2 Å². The van der Waals surface area contributed by atoms with Crippen LogP contribution in [-0.2, 0) is 13.1 Å². The van der Waals surface area contributed by atoms with E-state index in [1.165, 1.54) is 12.0 Å². The van der Waals surface area contributed by atoms with Gasteiger partial charge in [-0.2, -0.15) is 0 Å². The van der Waals surface area contributed by atoms with Crippen molar-refractivity contribution in [3.05, 3.63) is 35.1 Å². The van der Waals surface area contributed by atoms with Crippen LogP contribution in [0.4, 0.5) is 4.39 Å². The Morgan fingerprint density at radius 2 is 2.10 bits per heavy atom. The van der Waals surface area contributed by atoms with Gasteiger partial charge < -0.3 is 5.32 Å². The molecule has 0 aromatic heterocycles. The average Bonchev–Trinajstić information content (AvgIpc) is 2.44. The van der Waals surface area contributed by atoms with Gasteiger partial charge in [0.05, 0.1) is 0 Å². The zero-order valence-electron chi connectivity index (χ0n) is 13.0. The van der Waals surface area contributed by atoms with Gasteiger partial charge in [0.1, 0.15) is 5.82 Å². The Morgan fingerprint density at radius 3 is 2.80 bits per heavy atom. The number of hydrogen-bond acceptors (Lipinski definition) is 2. The van der Waals surface area contributed by atoms with Gasteiger partial charge in [0.2, 0.25) is 0 Å². The Bertz CT molecular complexity index is 433. The highest BCUT2D eigenvalue weighted by Gasteiger charge is 2.23. The third-order valence-electron chi connectivity index (χ3n) is 4.50. The highest BCUT2D eigenvalue weighted by atomic mass is 19.1. The fraction of sp³-hybridized carbons (Fsp3) is 0.647. The molecule has 1 aliphatic rings. The molecule has 2 nitrogen and oxygen atoms in total. The second-order valence-corrected chi connectivity index (χ2v) is 6.18.